The third-order valence-electron chi connectivity index (χ3n) is 4.38. The molecule has 2 fully saturated rings. The lowest BCUT2D eigenvalue weighted by Crippen LogP contribution is -2.49. The van der Waals surface area contributed by atoms with Crippen LogP contribution in [0, 0.1) is 16.7 Å². The Kier molecular flexibility index (Phi) is 2.48. The van der Waals surface area contributed by atoms with Gasteiger partial charge in [0.1, 0.15) is 0 Å². The Morgan fingerprint density at radius 3 is 2.44 bits per heavy atom. The van der Waals surface area contributed by atoms with Gasteiger partial charge in [0.05, 0.1) is 10.8 Å². The van der Waals surface area contributed by atoms with Crippen LogP contribution in [0.4, 0.5) is 0 Å². The fourth-order valence-electron chi connectivity index (χ4n) is 3.71. The highest BCUT2D eigenvalue weighted by Gasteiger charge is 2.54. The van der Waals surface area contributed by atoms with E-state index in [0.29, 0.717) is 25.7 Å². The van der Waals surface area contributed by atoms with Gasteiger partial charge in [0, 0.05) is 0 Å². The second-order valence-corrected chi connectivity index (χ2v) is 5.79. The molecule has 16 heavy (non-hydrogen) atoms. The van der Waals surface area contributed by atoms with Crippen molar-refractivity contribution in [2.75, 3.05) is 0 Å². The molecule has 0 aromatic carbocycles. The molecule has 90 valence electrons. The second-order valence-electron chi connectivity index (χ2n) is 5.79. The third kappa shape index (κ3) is 1.60. The lowest BCUT2D eigenvalue weighted by molar-refractivity contribution is -0.168. The molecule has 2 saturated carbocycles. The first kappa shape index (κ1) is 11.4. The smallest absolute Gasteiger partial charge is 0.309 e. The van der Waals surface area contributed by atoms with Gasteiger partial charge in [0.25, 0.3) is 0 Å². The van der Waals surface area contributed by atoms with Crippen molar-refractivity contribution in [3.8, 4) is 0 Å². The van der Waals surface area contributed by atoms with Crippen molar-refractivity contribution in [1.29, 1.82) is 0 Å². The van der Waals surface area contributed by atoms with Crippen LogP contribution >= 0.6 is 0 Å². The molecule has 0 heterocycles. The molecular formula is C12H18O4. The van der Waals surface area contributed by atoms with E-state index in [2.05, 4.69) is 0 Å². The van der Waals surface area contributed by atoms with Crippen LogP contribution in [0.2, 0.25) is 0 Å². The van der Waals surface area contributed by atoms with Crippen molar-refractivity contribution < 1.29 is 19.8 Å². The Bertz CT molecular complexity index is 336. The van der Waals surface area contributed by atoms with E-state index < -0.39 is 22.8 Å². The average molecular weight is 226 g/mol. The van der Waals surface area contributed by atoms with E-state index in [0.717, 1.165) is 12.8 Å². The zero-order chi connectivity index (χ0) is 12.0. The maximum atomic E-state index is 11.4. The molecule has 0 aromatic heterocycles. The molecule has 2 aliphatic rings. The van der Waals surface area contributed by atoms with Gasteiger partial charge in [0.15, 0.2) is 0 Å². The molecule has 2 bridgehead atoms. The number of aliphatic carboxylic acids is 2. The molecular weight excluding hydrogens is 208 g/mol. The Labute approximate surface area is 94.7 Å². The number of carboxylic acids is 2. The largest absolute Gasteiger partial charge is 0.481 e. The summed E-state index contributed by atoms with van der Waals surface area (Å²) in [5.41, 5.74) is -1.62. The summed E-state index contributed by atoms with van der Waals surface area (Å²) >= 11 is 0. The van der Waals surface area contributed by atoms with E-state index in [1.54, 1.807) is 6.92 Å². The fourth-order valence-corrected chi connectivity index (χ4v) is 3.71. The van der Waals surface area contributed by atoms with Gasteiger partial charge in [-0.2, -0.15) is 0 Å². The summed E-state index contributed by atoms with van der Waals surface area (Å²) in [6.45, 7) is 1.70. The molecule has 0 saturated heterocycles. The number of carboxylic acid groups (broad SMARTS) is 2. The Morgan fingerprint density at radius 2 is 1.88 bits per heavy atom. The second kappa shape index (κ2) is 3.47. The highest BCUT2D eigenvalue weighted by Crippen LogP contribution is 2.55. The predicted molar refractivity (Wildman–Crippen MR) is 57.0 cm³/mol. The maximum absolute atomic E-state index is 11.4. The number of rotatable bonds is 2. The van der Waals surface area contributed by atoms with Crippen LogP contribution in [0.25, 0.3) is 0 Å². The maximum Gasteiger partial charge on any atom is 0.309 e. The summed E-state index contributed by atoms with van der Waals surface area (Å²) in [5, 5.41) is 18.6. The van der Waals surface area contributed by atoms with Crippen molar-refractivity contribution in [3.63, 3.8) is 0 Å². The predicted octanol–water partition coefficient (Wildman–Crippen LogP) is 2.13. The van der Waals surface area contributed by atoms with Gasteiger partial charge in [-0.05, 0) is 38.5 Å². The molecule has 3 atom stereocenters. The number of fused-ring (bicyclic) bond motifs is 2. The Hall–Kier alpha value is -1.06. The van der Waals surface area contributed by atoms with E-state index >= 15 is 0 Å². The topological polar surface area (TPSA) is 74.6 Å². The fraction of sp³-hybridized carbons (Fsp3) is 0.833. The van der Waals surface area contributed by atoms with Crippen LogP contribution in [0.5, 0.6) is 0 Å². The summed E-state index contributed by atoms with van der Waals surface area (Å²) in [7, 11) is 0. The zero-order valence-electron chi connectivity index (χ0n) is 9.53. The molecule has 4 heteroatoms. The van der Waals surface area contributed by atoms with Crippen LogP contribution in [-0.4, -0.2) is 22.2 Å². The van der Waals surface area contributed by atoms with Gasteiger partial charge < -0.3 is 10.2 Å². The molecule has 3 unspecified atom stereocenters. The molecule has 2 N–H and O–H groups in total. The zero-order valence-corrected chi connectivity index (χ0v) is 9.53. The highest BCUT2D eigenvalue weighted by atomic mass is 16.4. The number of hydrogen-bond acceptors (Lipinski definition) is 2. The molecule has 0 radical (unpaired) electrons. The normalized spacial score (nSPS) is 42.7. The van der Waals surface area contributed by atoms with E-state index in [1.807, 2.05) is 0 Å². The molecule has 0 spiro atoms. The molecule has 0 aliphatic heterocycles. The lowest BCUT2D eigenvalue weighted by atomic mass is 9.54. The molecule has 4 nitrogen and oxygen atoms in total. The first-order chi connectivity index (χ1) is 7.38. The van der Waals surface area contributed by atoms with Crippen LogP contribution in [0.15, 0.2) is 0 Å². The summed E-state index contributed by atoms with van der Waals surface area (Å²) in [4.78, 5) is 22.7. The van der Waals surface area contributed by atoms with Gasteiger partial charge in [-0.3, -0.25) is 9.59 Å². The summed E-state index contributed by atoms with van der Waals surface area (Å²) in [5.74, 6) is -1.37. The van der Waals surface area contributed by atoms with Gasteiger partial charge in [-0.1, -0.05) is 12.8 Å². The molecule has 2 rings (SSSR count). The van der Waals surface area contributed by atoms with Crippen molar-refractivity contribution in [2.24, 2.45) is 16.7 Å². The Morgan fingerprint density at radius 1 is 1.19 bits per heavy atom. The SMILES string of the molecule is CC1(C(=O)O)CC2CCCC(C(=O)O)(C2)C1. The highest BCUT2D eigenvalue weighted by molar-refractivity contribution is 5.79. The van der Waals surface area contributed by atoms with Crippen LogP contribution in [0.1, 0.15) is 45.4 Å². The van der Waals surface area contributed by atoms with Crippen molar-refractivity contribution in [2.45, 2.75) is 45.4 Å². The minimum atomic E-state index is -0.846. The van der Waals surface area contributed by atoms with Gasteiger partial charge in [-0.15, -0.1) is 0 Å². The van der Waals surface area contributed by atoms with E-state index in [4.69, 9.17) is 0 Å². The van der Waals surface area contributed by atoms with Crippen LogP contribution in [0.3, 0.4) is 0 Å². The minimum absolute atomic E-state index is 0.277. The van der Waals surface area contributed by atoms with E-state index in [-0.39, 0.29) is 5.92 Å². The summed E-state index contributed by atoms with van der Waals surface area (Å²) in [6.07, 6.45) is 4.15. The van der Waals surface area contributed by atoms with Crippen LogP contribution < -0.4 is 0 Å². The van der Waals surface area contributed by atoms with Crippen molar-refractivity contribution >= 4 is 11.9 Å². The van der Waals surface area contributed by atoms with Crippen molar-refractivity contribution in [3.05, 3.63) is 0 Å². The monoisotopic (exact) mass is 226 g/mol. The molecule has 0 aromatic rings. The van der Waals surface area contributed by atoms with Gasteiger partial charge >= 0.3 is 11.9 Å². The third-order valence-corrected chi connectivity index (χ3v) is 4.38. The summed E-state index contributed by atoms with van der Waals surface area (Å²) < 4.78 is 0. The lowest BCUT2D eigenvalue weighted by Gasteiger charge is -2.48. The quantitative estimate of drug-likeness (QED) is 0.756. The van der Waals surface area contributed by atoms with Crippen LogP contribution in [-0.2, 0) is 9.59 Å². The molecule has 0 amide bonds. The molecule has 2 aliphatic carbocycles. The van der Waals surface area contributed by atoms with Crippen molar-refractivity contribution in [1.82, 2.24) is 0 Å². The van der Waals surface area contributed by atoms with E-state index in [1.165, 1.54) is 0 Å². The summed E-state index contributed by atoms with van der Waals surface area (Å²) in [6, 6.07) is 0. The van der Waals surface area contributed by atoms with Gasteiger partial charge in [0.2, 0.25) is 0 Å². The minimum Gasteiger partial charge on any atom is -0.481 e. The Balaban J connectivity index is 2.32. The van der Waals surface area contributed by atoms with Gasteiger partial charge in [-0.25, -0.2) is 0 Å². The first-order valence-corrected chi connectivity index (χ1v) is 5.85. The first-order valence-electron chi connectivity index (χ1n) is 5.85. The standard InChI is InChI=1S/C12H18O4/c1-11(9(13)14)5-8-3-2-4-12(6-8,7-11)10(15)16/h8H,2-7H2,1H3,(H,13,14)(H,15,16). The average Bonchev–Trinajstić information content (AvgIpc) is 2.16. The van der Waals surface area contributed by atoms with E-state index in [9.17, 15) is 19.8 Å². The number of hydrogen-bond donors (Lipinski definition) is 2. The number of carbonyl (C=O) groups is 2.